The Morgan fingerprint density at radius 3 is 2.49 bits per heavy atom. The molecule has 0 radical (unpaired) electrons. The van der Waals surface area contributed by atoms with Gasteiger partial charge in [-0.3, -0.25) is 4.79 Å². The minimum atomic E-state index is -4.56. The highest BCUT2D eigenvalue weighted by molar-refractivity contribution is 5.99. The lowest BCUT2D eigenvalue weighted by atomic mass is 10.1. The fraction of sp³-hybridized carbons (Fsp3) is 0.269. The highest BCUT2D eigenvalue weighted by atomic mass is 19.4. The van der Waals surface area contributed by atoms with Crippen LogP contribution in [0.1, 0.15) is 11.1 Å². The van der Waals surface area contributed by atoms with Gasteiger partial charge in [0.15, 0.2) is 0 Å². The number of nitrogens with zero attached hydrogens (tertiary/aromatic N) is 4. The van der Waals surface area contributed by atoms with Crippen LogP contribution in [0.25, 0.3) is 0 Å². The third kappa shape index (κ3) is 6.56. The monoisotopic (exact) mass is 511 g/mol. The van der Waals surface area contributed by atoms with Crippen molar-refractivity contribution in [3.63, 3.8) is 0 Å². The summed E-state index contributed by atoms with van der Waals surface area (Å²) < 4.78 is 42.0. The molecular formula is C26H28F3N7O. The summed E-state index contributed by atoms with van der Waals surface area (Å²) >= 11 is 0. The predicted molar refractivity (Wildman–Crippen MR) is 140 cm³/mol. The molecule has 1 aromatic heterocycles. The van der Waals surface area contributed by atoms with Crippen LogP contribution < -0.4 is 20.9 Å². The van der Waals surface area contributed by atoms with Crippen molar-refractivity contribution in [1.29, 1.82) is 0 Å². The maximum absolute atomic E-state index is 14.0. The zero-order valence-corrected chi connectivity index (χ0v) is 20.6. The maximum Gasteiger partial charge on any atom is 0.418 e. The van der Waals surface area contributed by atoms with Gasteiger partial charge in [0.05, 0.1) is 11.3 Å². The second-order valence-electron chi connectivity index (χ2n) is 8.77. The zero-order valence-electron chi connectivity index (χ0n) is 20.6. The minimum Gasteiger partial charge on any atom is -0.369 e. The van der Waals surface area contributed by atoms with Crippen LogP contribution in [-0.2, 0) is 11.0 Å². The number of aromatic nitrogens is 2. The number of amides is 1. The molecule has 0 saturated carbocycles. The number of carbonyl (C=O) groups excluding carboxylic acids is 1. The second-order valence-corrected chi connectivity index (χ2v) is 8.77. The van der Waals surface area contributed by atoms with E-state index in [2.05, 4.69) is 37.4 Å². The van der Waals surface area contributed by atoms with E-state index in [1.807, 2.05) is 11.9 Å². The minimum absolute atomic E-state index is 0.0158. The van der Waals surface area contributed by atoms with Crippen molar-refractivity contribution in [3.05, 3.63) is 72.4 Å². The van der Waals surface area contributed by atoms with E-state index in [0.29, 0.717) is 41.5 Å². The Hall–Kier alpha value is -4.12. The molecule has 37 heavy (non-hydrogen) atoms. The standard InChI is InChI=1S/C26H28F3N7O/c1-4-23(37)31-18-6-5-7-19(14-18)32-24-17(2)16-30-25(34-24)33-22-9-8-20(15-21(22)26(27,28)29)36-12-10-35(3)11-13-36/h4-9,14-16H,1,10-13H2,2-3H3,(H,31,37)(H2,30,32,33,34). The number of likely N-dealkylation sites (N-methyl/N-ethyl adjacent to an activating group) is 1. The third-order valence-electron chi connectivity index (χ3n) is 5.97. The van der Waals surface area contributed by atoms with Crippen LogP contribution in [0.4, 0.5) is 47.7 Å². The summed E-state index contributed by atoms with van der Waals surface area (Å²) in [5.41, 5.74) is 1.48. The van der Waals surface area contributed by atoms with E-state index in [1.165, 1.54) is 24.4 Å². The fourth-order valence-corrected chi connectivity index (χ4v) is 3.89. The van der Waals surface area contributed by atoms with Gasteiger partial charge in [0.2, 0.25) is 11.9 Å². The number of rotatable bonds is 7. The van der Waals surface area contributed by atoms with Gasteiger partial charge in [-0.15, -0.1) is 0 Å². The van der Waals surface area contributed by atoms with Crippen LogP contribution in [0.5, 0.6) is 0 Å². The molecule has 1 aliphatic heterocycles. The molecule has 1 saturated heterocycles. The number of hydrogen-bond acceptors (Lipinski definition) is 7. The van der Waals surface area contributed by atoms with Crippen molar-refractivity contribution in [2.45, 2.75) is 13.1 Å². The molecule has 1 amide bonds. The largest absolute Gasteiger partial charge is 0.418 e. The van der Waals surface area contributed by atoms with Gasteiger partial charge in [0, 0.05) is 55.0 Å². The zero-order chi connectivity index (χ0) is 26.6. The molecule has 3 N–H and O–H groups in total. The summed E-state index contributed by atoms with van der Waals surface area (Å²) in [5, 5.41) is 8.54. The summed E-state index contributed by atoms with van der Waals surface area (Å²) in [6.07, 6.45) is -1.88. The van der Waals surface area contributed by atoms with Crippen molar-refractivity contribution in [1.82, 2.24) is 14.9 Å². The molecule has 2 aromatic carbocycles. The molecule has 0 aliphatic carbocycles. The maximum atomic E-state index is 14.0. The second kappa shape index (κ2) is 10.9. The number of aryl methyl sites for hydroxylation is 1. The average Bonchev–Trinajstić information content (AvgIpc) is 2.86. The van der Waals surface area contributed by atoms with Crippen molar-refractivity contribution < 1.29 is 18.0 Å². The van der Waals surface area contributed by atoms with Gasteiger partial charge < -0.3 is 25.8 Å². The summed E-state index contributed by atoms with van der Waals surface area (Å²) in [5.74, 6) is 0.0790. The van der Waals surface area contributed by atoms with E-state index in [1.54, 1.807) is 37.3 Å². The van der Waals surface area contributed by atoms with Crippen LogP contribution in [0, 0.1) is 6.92 Å². The highest BCUT2D eigenvalue weighted by Crippen LogP contribution is 2.38. The van der Waals surface area contributed by atoms with Crippen LogP contribution in [0.15, 0.2) is 61.3 Å². The number of carbonyl (C=O) groups is 1. The van der Waals surface area contributed by atoms with E-state index in [0.717, 1.165) is 13.1 Å². The normalized spacial score (nSPS) is 14.2. The molecule has 2 heterocycles. The van der Waals surface area contributed by atoms with Gasteiger partial charge in [-0.05, 0) is 56.4 Å². The molecule has 11 heteroatoms. The van der Waals surface area contributed by atoms with Gasteiger partial charge in [-0.2, -0.15) is 18.2 Å². The first kappa shape index (κ1) is 26.0. The molecule has 0 atom stereocenters. The number of nitrogens with one attached hydrogen (secondary N) is 3. The molecule has 1 aliphatic rings. The summed E-state index contributed by atoms with van der Waals surface area (Å²) in [6, 6.07) is 11.2. The van der Waals surface area contributed by atoms with Crippen LogP contribution in [0.3, 0.4) is 0 Å². The third-order valence-corrected chi connectivity index (χ3v) is 5.97. The predicted octanol–water partition coefficient (Wildman–Crippen LogP) is 5.17. The van der Waals surface area contributed by atoms with E-state index in [9.17, 15) is 18.0 Å². The topological polar surface area (TPSA) is 85.4 Å². The van der Waals surface area contributed by atoms with Crippen molar-refractivity contribution in [2.24, 2.45) is 0 Å². The highest BCUT2D eigenvalue weighted by Gasteiger charge is 2.34. The molecule has 8 nitrogen and oxygen atoms in total. The van der Waals surface area contributed by atoms with E-state index in [-0.39, 0.29) is 17.5 Å². The SMILES string of the molecule is C=CC(=O)Nc1cccc(Nc2nc(Nc3ccc(N4CCN(C)CC4)cc3C(F)(F)F)ncc2C)c1. The van der Waals surface area contributed by atoms with Gasteiger partial charge in [0.25, 0.3) is 0 Å². The fourth-order valence-electron chi connectivity index (χ4n) is 3.89. The molecule has 1 fully saturated rings. The number of anilines is 6. The van der Waals surface area contributed by atoms with Crippen LogP contribution >= 0.6 is 0 Å². The number of halogens is 3. The number of alkyl halides is 3. The average molecular weight is 512 g/mol. The van der Waals surface area contributed by atoms with Gasteiger partial charge in [0.1, 0.15) is 5.82 Å². The Bertz CT molecular complexity index is 1290. The first-order valence-corrected chi connectivity index (χ1v) is 11.7. The molecule has 0 bridgehead atoms. The van der Waals surface area contributed by atoms with Crippen LogP contribution in [0.2, 0.25) is 0 Å². The smallest absolute Gasteiger partial charge is 0.369 e. The lowest BCUT2D eigenvalue weighted by molar-refractivity contribution is -0.136. The van der Waals surface area contributed by atoms with Gasteiger partial charge in [-0.25, -0.2) is 4.98 Å². The molecule has 0 spiro atoms. The quantitative estimate of drug-likeness (QED) is 0.378. The van der Waals surface area contributed by atoms with E-state index < -0.39 is 11.7 Å². The van der Waals surface area contributed by atoms with E-state index >= 15 is 0 Å². The Balaban J connectivity index is 1.57. The molecular weight excluding hydrogens is 483 g/mol. The summed E-state index contributed by atoms with van der Waals surface area (Å²) in [4.78, 5) is 24.2. The molecule has 4 rings (SSSR count). The summed E-state index contributed by atoms with van der Waals surface area (Å²) in [6.45, 7) is 8.11. The molecule has 194 valence electrons. The summed E-state index contributed by atoms with van der Waals surface area (Å²) in [7, 11) is 1.99. The van der Waals surface area contributed by atoms with Gasteiger partial charge >= 0.3 is 6.18 Å². The lowest BCUT2D eigenvalue weighted by Gasteiger charge is -2.34. The first-order chi connectivity index (χ1) is 17.6. The Kier molecular flexibility index (Phi) is 7.63. The van der Waals surface area contributed by atoms with Gasteiger partial charge in [-0.1, -0.05) is 12.6 Å². The Morgan fingerprint density at radius 1 is 1.05 bits per heavy atom. The first-order valence-electron chi connectivity index (χ1n) is 11.7. The lowest BCUT2D eigenvalue weighted by Crippen LogP contribution is -2.44. The van der Waals surface area contributed by atoms with Crippen LogP contribution in [-0.4, -0.2) is 54.0 Å². The Labute approximate surface area is 213 Å². The van der Waals surface area contributed by atoms with Crippen molar-refractivity contribution >= 4 is 40.4 Å². The molecule has 0 unspecified atom stereocenters. The van der Waals surface area contributed by atoms with E-state index in [4.69, 9.17) is 0 Å². The number of benzene rings is 2. The number of hydrogen-bond donors (Lipinski definition) is 3. The molecule has 3 aromatic rings. The van der Waals surface area contributed by atoms with Crippen molar-refractivity contribution in [3.8, 4) is 0 Å². The number of piperazine rings is 1. The Morgan fingerprint density at radius 2 is 1.78 bits per heavy atom. The van der Waals surface area contributed by atoms with Crippen molar-refractivity contribution in [2.75, 3.05) is 54.1 Å².